The third kappa shape index (κ3) is 2.71. The summed E-state index contributed by atoms with van der Waals surface area (Å²) >= 11 is 0. The van der Waals surface area contributed by atoms with Gasteiger partial charge < -0.3 is 10.2 Å². The molecule has 0 amide bonds. The molecule has 1 saturated carbocycles. The molecule has 0 radical (unpaired) electrons. The van der Waals surface area contributed by atoms with Crippen molar-refractivity contribution in [3.05, 3.63) is 29.3 Å². The van der Waals surface area contributed by atoms with Gasteiger partial charge in [0, 0.05) is 31.9 Å². The Labute approximate surface area is 123 Å². The number of benzene rings is 1. The van der Waals surface area contributed by atoms with Crippen molar-refractivity contribution in [2.75, 3.05) is 18.5 Å². The first-order valence-corrected chi connectivity index (χ1v) is 8.21. The Bertz CT molecular complexity index is 468. The van der Waals surface area contributed by atoms with Crippen LogP contribution in [0.1, 0.15) is 44.2 Å². The van der Waals surface area contributed by atoms with Crippen molar-refractivity contribution in [1.29, 1.82) is 0 Å². The molecule has 1 aliphatic carbocycles. The fraction of sp³-hybridized carbons (Fsp3) is 0.667. The van der Waals surface area contributed by atoms with Crippen LogP contribution in [0.2, 0.25) is 0 Å². The highest BCUT2D eigenvalue weighted by atomic mass is 15.1. The number of fused-ring (bicyclic) bond motifs is 1. The minimum atomic E-state index is 0.703. The fourth-order valence-electron chi connectivity index (χ4n) is 3.85. The predicted octanol–water partition coefficient (Wildman–Crippen LogP) is 3.59. The van der Waals surface area contributed by atoms with E-state index >= 15 is 0 Å². The van der Waals surface area contributed by atoms with E-state index in [2.05, 4.69) is 49.3 Å². The first-order valence-electron chi connectivity index (χ1n) is 8.21. The normalized spacial score (nSPS) is 29.6. The zero-order valence-corrected chi connectivity index (χ0v) is 13.2. The van der Waals surface area contributed by atoms with Crippen LogP contribution in [-0.2, 0) is 13.0 Å². The quantitative estimate of drug-likeness (QED) is 0.904. The lowest BCUT2D eigenvalue weighted by molar-refractivity contribution is 0.206. The van der Waals surface area contributed by atoms with Gasteiger partial charge in [0.05, 0.1) is 0 Å². The topological polar surface area (TPSA) is 15.3 Å². The molecule has 2 heteroatoms. The third-order valence-electron chi connectivity index (χ3n) is 5.55. The van der Waals surface area contributed by atoms with Gasteiger partial charge >= 0.3 is 0 Å². The molecule has 3 rings (SSSR count). The number of nitrogens with zero attached hydrogens (tertiary/aromatic N) is 1. The Morgan fingerprint density at radius 2 is 2.10 bits per heavy atom. The Morgan fingerprint density at radius 3 is 2.95 bits per heavy atom. The summed E-state index contributed by atoms with van der Waals surface area (Å²) in [6.07, 6.45) is 5.35. The first-order chi connectivity index (χ1) is 9.65. The lowest BCUT2D eigenvalue weighted by Crippen LogP contribution is -2.40. The van der Waals surface area contributed by atoms with Crippen LogP contribution < -0.4 is 10.2 Å². The van der Waals surface area contributed by atoms with Crippen molar-refractivity contribution in [2.45, 2.75) is 52.1 Å². The van der Waals surface area contributed by atoms with Gasteiger partial charge in [0.25, 0.3) is 0 Å². The number of anilines is 1. The van der Waals surface area contributed by atoms with Gasteiger partial charge in [-0.05, 0) is 41.9 Å². The summed E-state index contributed by atoms with van der Waals surface area (Å²) in [7, 11) is 2.19. The molecule has 1 fully saturated rings. The molecule has 110 valence electrons. The van der Waals surface area contributed by atoms with Gasteiger partial charge in [-0.2, -0.15) is 0 Å². The smallest absolute Gasteiger partial charge is 0.0397 e. The Kier molecular flexibility index (Phi) is 4.02. The highest BCUT2D eigenvalue weighted by molar-refractivity contribution is 5.58. The summed E-state index contributed by atoms with van der Waals surface area (Å²) in [5.41, 5.74) is 4.40. The zero-order chi connectivity index (χ0) is 14.1. The van der Waals surface area contributed by atoms with Gasteiger partial charge in [-0.15, -0.1) is 0 Å². The number of nitrogens with one attached hydrogen (secondary N) is 1. The van der Waals surface area contributed by atoms with Gasteiger partial charge in [0.1, 0.15) is 0 Å². The standard InChI is InChI=1S/C18H28N2/c1-13-5-4-6-17(14(13)2)19-12-15-7-8-18-16(11-15)9-10-20(18)3/h7-8,11,13-14,17,19H,4-6,9-10,12H2,1-3H3. The van der Waals surface area contributed by atoms with Gasteiger partial charge in [0.2, 0.25) is 0 Å². The van der Waals surface area contributed by atoms with Gasteiger partial charge in [-0.3, -0.25) is 0 Å². The van der Waals surface area contributed by atoms with E-state index in [0.29, 0.717) is 6.04 Å². The molecule has 0 saturated heterocycles. The van der Waals surface area contributed by atoms with E-state index in [4.69, 9.17) is 0 Å². The van der Waals surface area contributed by atoms with Crippen molar-refractivity contribution in [3.8, 4) is 0 Å². The third-order valence-corrected chi connectivity index (χ3v) is 5.55. The summed E-state index contributed by atoms with van der Waals surface area (Å²) in [5, 5.41) is 3.81. The number of likely N-dealkylation sites (N-methyl/N-ethyl adjacent to an activating group) is 1. The highest BCUT2D eigenvalue weighted by Crippen LogP contribution is 2.30. The molecule has 2 nitrogen and oxygen atoms in total. The van der Waals surface area contributed by atoms with Crippen LogP contribution in [0.3, 0.4) is 0 Å². The molecule has 20 heavy (non-hydrogen) atoms. The molecule has 1 aromatic carbocycles. The molecule has 1 N–H and O–H groups in total. The second-order valence-corrected chi connectivity index (χ2v) is 6.89. The largest absolute Gasteiger partial charge is 0.374 e. The first kappa shape index (κ1) is 13.9. The minimum absolute atomic E-state index is 0.703. The lowest BCUT2D eigenvalue weighted by atomic mass is 9.78. The Hall–Kier alpha value is -1.02. The molecule has 3 unspecified atom stereocenters. The second-order valence-electron chi connectivity index (χ2n) is 6.89. The molecule has 3 atom stereocenters. The van der Waals surface area contributed by atoms with Gasteiger partial charge in [-0.1, -0.05) is 38.8 Å². The monoisotopic (exact) mass is 272 g/mol. The van der Waals surface area contributed by atoms with Crippen molar-refractivity contribution >= 4 is 5.69 Å². The second kappa shape index (κ2) is 5.77. The van der Waals surface area contributed by atoms with Crippen LogP contribution in [0.4, 0.5) is 5.69 Å². The summed E-state index contributed by atoms with van der Waals surface area (Å²) in [6.45, 7) is 7.02. The fourth-order valence-corrected chi connectivity index (χ4v) is 3.85. The molecular formula is C18H28N2. The van der Waals surface area contributed by atoms with Crippen LogP contribution in [0.25, 0.3) is 0 Å². The van der Waals surface area contributed by atoms with E-state index in [1.807, 2.05) is 0 Å². The molecule has 2 aliphatic rings. The van der Waals surface area contributed by atoms with E-state index in [1.165, 1.54) is 49.0 Å². The molecule has 1 aliphatic heterocycles. The minimum Gasteiger partial charge on any atom is -0.374 e. The van der Waals surface area contributed by atoms with E-state index in [1.54, 1.807) is 0 Å². The van der Waals surface area contributed by atoms with E-state index in [9.17, 15) is 0 Å². The number of rotatable bonds is 3. The van der Waals surface area contributed by atoms with Crippen molar-refractivity contribution in [3.63, 3.8) is 0 Å². The molecular weight excluding hydrogens is 244 g/mol. The van der Waals surface area contributed by atoms with Crippen LogP contribution >= 0.6 is 0 Å². The summed E-state index contributed by atoms with van der Waals surface area (Å²) in [6, 6.07) is 7.70. The average molecular weight is 272 g/mol. The maximum atomic E-state index is 3.81. The molecule has 1 heterocycles. The number of hydrogen-bond acceptors (Lipinski definition) is 2. The molecule has 0 spiro atoms. The maximum absolute atomic E-state index is 3.81. The van der Waals surface area contributed by atoms with Crippen molar-refractivity contribution in [1.82, 2.24) is 5.32 Å². The van der Waals surface area contributed by atoms with Crippen LogP contribution in [0.15, 0.2) is 18.2 Å². The molecule has 1 aromatic rings. The highest BCUT2D eigenvalue weighted by Gasteiger charge is 2.26. The lowest BCUT2D eigenvalue weighted by Gasteiger charge is -2.34. The number of hydrogen-bond donors (Lipinski definition) is 1. The predicted molar refractivity (Wildman–Crippen MR) is 86.2 cm³/mol. The maximum Gasteiger partial charge on any atom is 0.0397 e. The van der Waals surface area contributed by atoms with E-state index in [0.717, 1.165) is 18.4 Å². The SMILES string of the molecule is CC1CCCC(NCc2ccc3c(c2)CCN3C)C1C. The van der Waals surface area contributed by atoms with Crippen molar-refractivity contribution in [2.24, 2.45) is 11.8 Å². The van der Waals surface area contributed by atoms with Gasteiger partial charge in [0.15, 0.2) is 0 Å². The Balaban J connectivity index is 1.61. The summed E-state index contributed by atoms with van der Waals surface area (Å²) in [4.78, 5) is 2.36. The molecule has 0 bridgehead atoms. The summed E-state index contributed by atoms with van der Waals surface area (Å²) < 4.78 is 0. The van der Waals surface area contributed by atoms with Crippen LogP contribution in [0, 0.1) is 11.8 Å². The van der Waals surface area contributed by atoms with Crippen LogP contribution in [0.5, 0.6) is 0 Å². The van der Waals surface area contributed by atoms with E-state index < -0.39 is 0 Å². The average Bonchev–Trinajstić information content (AvgIpc) is 2.82. The van der Waals surface area contributed by atoms with Crippen LogP contribution in [-0.4, -0.2) is 19.6 Å². The van der Waals surface area contributed by atoms with Crippen molar-refractivity contribution < 1.29 is 0 Å². The van der Waals surface area contributed by atoms with Gasteiger partial charge in [-0.25, -0.2) is 0 Å². The molecule has 0 aromatic heterocycles. The van der Waals surface area contributed by atoms with E-state index in [-0.39, 0.29) is 0 Å². The summed E-state index contributed by atoms with van der Waals surface area (Å²) in [5.74, 6) is 1.68. The Morgan fingerprint density at radius 1 is 1.25 bits per heavy atom. The zero-order valence-electron chi connectivity index (χ0n) is 13.2.